The van der Waals surface area contributed by atoms with Crippen molar-refractivity contribution in [2.24, 2.45) is 0 Å². The maximum Gasteiger partial charge on any atom is 0.471 e. The zero-order valence-electron chi connectivity index (χ0n) is 7.92. The average molecular weight is 245 g/mol. The van der Waals surface area contributed by atoms with Gasteiger partial charge in [0.05, 0.1) is 0 Å². The van der Waals surface area contributed by atoms with E-state index in [1.165, 1.54) is 19.2 Å². The summed E-state index contributed by atoms with van der Waals surface area (Å²) in [5, 5.41) is 9.95. The standard InChI is InChI=1S/C7H10F3NO3S/c1-6(2,15)3(4(12)13)11-5(14)7(8,9)10/h3,15H,1-2H3,(H,11,14)(H,12,13)/t3-/m0/s1. The summed E-state index contributed by atoms with van der Waals surface area (Å²) in [7, 11) is 0. The lowest BCUT2D eigenvalue weighted by Gasteiger charge is -2.27. The Kier molecular flexibility index (Phi) is 4.03. The fourth-order valence-electron chi connectivity index (χ4n) is 0.753. The van der Waals surface area contributed by atoms with Gasteiger partial charge in [0.2, 0.25) is 0 Å². The summed E-state index contributed by atoms with van der Waals surface area (Å²) < 4.78 is 34.2. The third-order valence-corrected chi connectivity index (χ3v) is 1.74. The number of nitrogens with one attached hydrogen (secondary N) is 1. The normalized spacial score (nSPS) is 14.5. The van der Waals surface area contributed by atoms with Gasteiger partial charge >= 0.3 is 18.1 Å². The Labute approximate surface area is 89.2 Å². The topological polar surface area (TPSA) is 66.4 Å². The van der Waals surface area contributed by atoms with Crippen LogP contribution in [0.1, 0.15) is 13.8 Å². The summed E-state index contributed by atoms with van der Waals surface area (Å²) in [6.07, 6.45) is -5.10. The van der Waals surface area contributed by atoms with Gasteiger partial charge < -0.3 is 10.4 Å². The summed E-state index contributed by atoms with van der Waals surface area (Å²) in [4.78, 5) is 21.1. The molecule has 0 aliphatic rings. The molecule has 4 nitrogen and oxygen atoms in total. The molecule has 15 heavy (non-hydrogen) atoms. The molecule has 0 rings (SSSR count). The van der Waals surface area contributed by atoms with E-state index >= 15 is 0 Å². The van der Waals surface area contributed by atoms with Gasteiger partial charge in [0.25, 0.3) is 0 Å². The number of aliphatic carboxylic acids is 1. The SMILES string of the molecule is CC(C)(S)[C@@H](NC(=O)C(F)(F)F)C(=O)O. The number of halogens is 3. The molecule has 1 atom stereocenters. The van der Waals surface area contributed by atoms with E-state index in [0.29, 0.717) is 0 Å². The van der Waals surface area contributed by atoms with Crippen LogP contribution in [0.5, 0.6) is 0 Å². The smallest absolute Gasteiger partial charge is 0.471 e. The first-order valence-corrected chi connectivity index (χ1v) is 4.24. The number of carboxylic acid groups (broad SMARTS) is 1. The van der Waals surface area contributed by atoms with Crippen molar-refractivity contribution in [1.82, 2.24) is 5.32 Å². The number of carboxylic acids is 1. The fourth-order valence-corrected chi connectivity index (χ4v) is 0.928. The van der Waals surface area contributed by atoms with Gasteiger partial charge in [-0.2, -0.15) is 25.8 Å². The highest BCUT2D eigenvalue weighted by molar-refractivity contribution is 7.81. The fraction of sp³-hybridized carbons (Fsp3) is 0.714. The molecule has 0 saturated heterocycles. The van der Waals surface area contributed by atoms with Crippen molar-refractivity contribution >= 4 is 24.5 Å². The van der Waals surface area contributed by atoms with Gasteiger partial charge in [-0.1, -0.05) is 0 Å². The van der Waals surface area contributed by atoms with Crippen LogP contribution in [-0.4, -0.2) is 33.9 Å². The van der Waals surface area contributed by atoms with Crippen LogP contribution in [0.25, 0.3) is 0 Å². The van der Waals surface area contributed by atoms with E-state index in [0.717, 1.165) is 0 Å². The van der Waals surface area contributed by atoms with Gasteiger partial charge in [0.15, 0.2) is 0 Å². The van der Waals surface area contributed by atoms with E-state index in [1.54, 1.807) is 0 Å². The Hall–Kier alpha value is -0.920. The third-order valence-electron chi connectivity index (χ3n) is 1.49. The molecule has 0 aromatic heterocycles. The Balaban J connectivity index is 4.74. The zero-order valence-corrected chi connectivity index (χ0v) is 8.82. The Morgan fingerprint density at radius 2 is 1.73 bits per heavy atom. The molecule has 0 radical (unpaired) electrons. The number of hydrogen-bond acceptors (Lipinski definition) is 3. The van der Waals surface area contributed by atoms with Crippen molar-refractivity contribution in [1.29, 1.82) is 0 Å². The highest BCUT2D eigenvalue weighted by atomic mass is 32.1. The Morgan fingerprint density at radius 1 is 1.33 bits per heavy atom. The monoisotopic (exact) mass is 245 g/mol. The molecule has 0 heterocycles. The van der Waals surface area contributed by atoms with E-state index in [-0.39, 0.29) is 0 Å². The molecule has 88 valence electrons. The van der Waals surface area contributed by atoms with Crippen molar-refractivity contribution in [2.75, 3.05) is 0 Å². The van der Waals surface area contributed by atoms with E-state index in [4.69, 9.17) is 5.11 Å². The molecular formula is C7H10F3NO3S. The average Bonchev–Trinajstić information content (AvgIpc) is 1.94. The van der Waals surface area contributed by atoms with Crippen LogP contribution < -0.4 is 5.32 Å². The van der Waals surface area contributed by atoms with Crippen LogP contribution in [0, 0.1) is 0 Å². The van der Waals surface area contributed by atoms with Crippen molar-refractivity contribution < 1.29 is 27.9 Å². The summed E-state index contributed by atoms with van der Waals surface area (Å²) in [5.74, 6) is -3.87. The van der Waals surface area contributed by atoms with Crippen LogP contribution in [-0.2, 0) is 9.59 Å². The predicted molar refractivity (Wildman–Crippen MR) is 48.7 cm³/mol. The molecule has 0 bridgehead atoms. The van der Waals surface area contributed by atoms with Gasteiger partial charge in [0, 0.05) is 4.75 Å². The summed E-state index contributed by atoms with van der Waals surface area (Å²) in [6.45, 7) is 2.57. The molecule has 0 aliphatic heterocycles. The number of carbonyl (C=O) groups excluding carboxylic acids is 1. The van der Waals surface area contributed by atoms with Crippen molar-refractivity contribution in [3.05, 3.63) is 0 Å². The van der Waals surface area contributed by atoms with Gasteiger partial charge in [-0.15, -0.1) is 0 Å². The zero-order chi connectivity index (χ0) is 12.4. The predicted octanol–water partition coefficient (Wildman–Crippen LogP) is 0.827. The number of rotatable bonds is 3. The highest BCUT2D eigenvalue weighted by Gasteiger charge is 2.43. The van der Waals surface area contributed by atoms with Crippen LogP contribution in [0.15, 0.2) is 0 Å². The molecule has 1 amide bonds. The Morgan fingerprint density at radius 3 is 1.93 bits per heavy atom. The van der Waals surface area contributed by atoms with Gasteiger partial charge in [0.1, 0.15) is 6.04 Å². The third kappa shape index (κ3) is 4.41. The second-order valence-electron chi connectivity index (χ2n) is 3.40. The first kappa shape index (κ1) is 14.1. The number of carbonyl (C=O) groups is 2. The van der Waals surface area contributed by atoms with Gasteiger partial charge in [-0.3, -0.25) is 4.79 Å². The first-order valence-electron chi connectivity index (χ1n) is 3.79. The van der Waals surface area contributed by atoms with Crippen LogP contribution >= 0.6 is 12.6 Å². The molecular weight excluding hydrogens is 235 g/mol. The minimum atomic E-state index is -5.10. The molecule has 2 N–H and O–H groups in total. The summed E-state index contributed by atoms with van der Waals surface area (Å²) >= 11 is 3.80. The van der Waals surface area contributed by atoms with E-state index in [9.17, 15) is 22.8 Å². The van der Waals surface area contributed by atoms with Crippen molar-refractivity contribution in [3.8, 4) is 0 Å². The molecule has 0 aromatic carbocycles. The van der Waals surface area contributed by atoms with Crippen LogP contribution in [0.2, 0.25) is 0 Å². The molecule has 0 unspecified atom stereocenters. The molecule has 0 spiro atoms. The largest absolute Gasteiger partial charge is 0.480 e. The minimum Gasteiger partial charge on any atom is -0.480 e. The maximum atomic E-state index is 11.8. The quantitative estimate of drug-likeness (QED) is 0.645. The van der Waals surface area contributed by atoms with Crippen LogP contribution in [0.4, 0.5) is 13.2 Å². The molecule has 8 heteroatoms. The molecule has 0 aliphatic carbocycles. The highest BCUT2D eigenvalue weighted by Crippen LogP contribution is 2.20. The van der Waals surface area contributed by atoms with Crippen LogP contribution in [0.3, 0.4) is 0 Å². The lowest BCUT2D eigenvalue weighted by molar-refractivity contribution is -0.175. The Bertz CT molecular complexity index is 272. The minimum absolute atomic E-state index is 1.28. The summed E-state index contributed by atoms with van der Waals surface area (Å²) in [6, 6.07) is -1.71. The molecule has 0 fully saturated rings. The number of alkyl halides is 3. The van der Waals surface area contributed by atoms with E-state index < -0.39 is 28.8 Å². The number of hydrogen-bond donors (Lipinski definition) is 3. The number of thiol groups is 1. The lowest BCUT2D eigenvalue weighted by Crippen LogP contribution is -2.54. The summed E-state index contributed by atoms with van der Waals surface area (Å²) in [5.41, 5.74) is 0. The number of amides is 1. The lowest BCUT2D eigenvalue weighted by atomic mass is 10.0. The second kappa shape index (κ2) is 4.30. The van der Waals surface area contributed by atoms with Crippen molar-refractivity contribution in [3.63, 3.8) is 0 Å². The van der Waals surface area contributed by atoms with E-state index in [1.807, 2.05) is 0 Å². The maximum absolute atomic E-state index is 11.8. The van der Waals surface area contributed by atoms with Gasteiger partial charge in [-0.05, 0) is 13.8 Å². The van der Waals surface area contributed by atoms with Crippen molar-refractivity contribution in [2.45, 2.75) is 30.8 Å². The second-order valence-corrected chi connectivity index (χ2v) is 4.55. The molecule has 0 saturated carbocycles. The molecule has 0 aromatic rings. The van der Waals surface area contributed by atoms with E-state index in [2.05, 4.69) is 12.6 Å². The first-order chi connectivity index (χ1) is 6.46. The van der Waals surface area contributed by atoms with Gasteiger partial charge in [-0.25, -0.2) is 4.79 Å².